The summed E-state index contributed by atoms with van der Waals surface area (Å²) in [6.07, 6.45) is 0. The van der Waals surface area contributed by atoms with Crippen LogP contribution in [0.15, 0.2) is 40.2 Å². The molecule has 2 rings (SSSR count). The second-order valence-corrected chi connectivity index (χ2v) is 7.43. The average Bonchev–Trinajstić information content (AvgIpc) is 2.74. The molecule has 0 atom stereocenters. The fourth-order valence-electron chi connectivity index (χ4n) is 1.89. The van der Waals surface area contributed by atoms with Crippen LogP contribution >= 0.6 is 39.5 Å². The largest absolute Gasteiger partial charge is 0.389 e. The van der Waals surface area contributed by atoms with E-state index in [0.29, 0.717) is 4.99 Å². The third kappa shape index (κ3) is 4.38. The van der Waals surface area contributed by atoms with Crippen LogP contribution in [0.4, 0.5) is 0 Å². The molecule has 0 aliphatic carbocycles. The molecule has 0 aliphatic rings. The van der Waals surface area contributed by atoms with Crippen LogP contribution in [0.1, 0.15) is 16.0 Å². The zero-order valence-corrected chi connectivity index (χ0v) is 13.8. The first-order chi connectivity index (χ1) is 9.04. The molecule has 2 N–H and O–H groups in total. The van der Waals surface area contributed by atoms with Crippen LogP contribution in [0.5, 0.6) is 0 Å². The smallest absolute Gasteiger partial charge is 0.103 e. The van der Waals surface area contributed by atoms with Crippen LogP contribution in [0.3, 0.4) is 0 Å². The topological polar surface area (TPSA) is 29.3 Å². The summed E-state index contributed by atoms with van der Waals surface area (Å²) in [7, 11) is 2.11. The first kappa shape index (κ1) is 14.7. The molecule has 0 radical (unpaired) electrons. The van der Waals surface area contributed by atoms with E-state index in [4.69, 9.17) is 18.0 Å². The van der Waals surface area contributed by atoms with Gasteiger partial charge in [-0.3, -0.25) is 4.90 Å². The molecule has 0 saturated carbocycles. The fraction of sp³-hybridized carbons (Fsp3) is 0.214. The van der Waals surface area contributed by atoms with Gasteiger partial charge in [-0.25, -0.2) is 0 Å². The van der Waals surface area contributed by atoms with Crippen molar-refractivity contribution in [1.82, 2.24) is 4.90 Å². The Morgan fingerprint density at radius 1 is 1.32 bits per heavy atom. The van der Waals surface area contributed by atoms with Crippen LogP contribution in [0, 0.1) is 0 Å². The van der Waals surface area contributed by atoms with Gasteiger partial charge in [-0.2, -0.15) is 0 Å². The maximum Gasteiger partial charge on any atom is 0.103 e. The lowest BCUT2D eigenvalue weighted by Crippen LogP contribution is -2.17. The quantitative estimate of drug-likeness (QED) is 0.828. The van der Waals surface area contributed by atoms with Crippen LogP contribution in [-0.2, 0) is 13.1 Å². The highest BCUT2D eigenvalue weighted by atomic mass is 79.9. The lowest BCUT2D eigenvalue weighted by molar-refractivity contribution is 0.322. The Morgan fingerprint density at radius 2 is 2.11 bits per heavy atom. The fourth-order valence-corrected chi connectivity index (χ4v) is 3.58. The van der Waals surface area contributed by atoms with Gasteiger partial charge in [-0.15, -0.1) is 11.3 Å². The van der Waals surface area contributed by atoms with E-state index in [0.717, 1.165) is 18.7 Å². The number of benzene rings is 1. The molecule has 2 nitrogen and oxygen atoms in total. The Labute approximate surface area is 131 Å². The van der Waals surface area contributed by atoms with E-state index < -0.39 is 0 Å². The van der Waals surface area contributed by atoms with Gasteiger partial charge in [-0.1, -0.05) is 30.4 Å². The van der Waals surface area contributed by atoms with Crippen molar-refractivity contribution >= 4 is 44.5 Å². The highest BCUT2D eigenvalue weighted by Gasteiger charge is 2.05. The normalized spacial score (nSPS) is 10.9. The number of thiophene rings is 1. The summed E-state index contributed by atoms with van der Waals surface area (Å²) in [6, 6.07) is 12.3. The number of thiocarbonyl (C=S) groups is 1. The number of hydrogen-bond acceptors (Lipinski definition) is 3. The standard InChI is InChI=1S/C14H15BrN2S2/c1-17(9-12-5-6-13(15)19-12)8-10-3-2-4-11(7-10)14(16)18/h2-7H,8-9H2,1H3,(H2,16,18). The number of nitrogens with zero attached hydrogens (tertiary/aromatic N) is 1. The van der Waals surface area contributed by atoms with Gasteiger partial charge in [0, 0.05) is 23.5 Å². The van der Waals surface area contributed by atoms with Crippen LogP contribution in [0.2, 0.25) is 0 Å². The van der Waals surface area contributed by atoms with E-state index in [2.05, 4.69) is 52.1 Å². The summed E-state index contributed by atoms with van der Waals surface area (Å²) in [5.74, 6) is 0. The van der Waals surface area contributed by atoms with Crippen molar-refractivity contribution in [3.8, 4) is 0 Å². The van der Waals surface area contributed by atoms with Crippen molar-refractivity contribution < 1.29 is 0 Å². The van der Waals surface area contributed by atoms with Gasteiger partial charge < -0.3 is 5.73 Å². The molecule has 0 aliphatic heterocycles. The van der Waals surface area contributed by atoms with Gasteiger partial charge in [0.1, 0.15) is 4.99 Å². The third-order valence-electron chi connectivity index (χ3n) is 2.72. The Bertz CT molecular complexity index is 580. The van der Waals surface area contributed by atoms with Gasteiger partial charge in [0.2, 0.25) is 0 Å². The van der Waals surface area contributed by atoms with Crippen LogP contribution < -0.4 is 5.73 Å². The van der Waals surface area contributed by atoms with E-state index in [1.54, 1.807) is 11.3 Å². The molecule has 100 valence electrons. The molecule has 1 aromatic carbocycles. The number of rotatable bonds is 5. The van der Waals surface area contributed by atoms with Crippen molar-refractivity contribution in [1.29, 1.82) is 0 Å². The summed E-state index contributed by atoms with van der Waals surface area (Å²) in [5.41, 5.74) is 7.81. The molecule has 1 heterocycles. The molecule has 2 aromatic rings. The molecule has 0 amide bonds. The molecule has 1 aromatic heterocycles. The van der Waals surface area contributed by atoms with E-state index in [1.807, 2.05) is 12.1 Å². The van der Waals surface area contributed by atoms with Gasteiger partial charge in [0.25, 0.3) is 0 Å². The van der Waals surface area contributed by atoms with Gasteiger partial charge in [0.15, 0.2) is 0 Å². The molecular formula is C14H15BrN2S2. The predicted octanol–water partition coefficient (Wildman–Crippen LogP) is 3.78. The molecule has 5 heteroatoms. The average molecular weight is 355 g/mol. The number of halogens is 1. The molecule has 0 spiro atoms. The first-order valence-corrected chi connectivity index (χ1v) is 7.88. The molecular weight excluding hydrogens is 340 g/mol. The lowest BCUT2D eigenvalue weighted by atomic mass is 10.1. The van der Waals surface area contributed by atoms with Gasteiger partial charge in [0.05, 0.1) is 3.79 Å². The highest BCUT2D eigenvalue weighted by molar-refractivity contribution is 9.11. The SMILES string of the molecule is CN(Cc1cccc(C(N)=S)c1)Cc1ccc(Br)s1. The Morgan fingerprint density at radius 3 is 2.74 bits per heavy atom. The zero-order chi connectivity index (χ0) is 13.8. The summed E-state index contributed by atoms with van der Waals surface area (Å²) < 4.78 is 1.17. The third-order valence-corrected chi connectivity index (χ3v) is 4.56. The minimum absolute atomic E-state index is 0.451. The second kappa shape index (κ2) is 6.61. The number of nitrogens with two attached hydrogens (primary N) is 1. The van der Waals surface area contributed by atoms with Crippen molar-refractivity contribution in [2.24, 2.45) is 5.73 Å². The minimum atomic E-state index is 0.451. The second-order valence-electron chi connectivity index (χ2n) is 4.44. The molecule has 0 unspecified atom stereocenters. The van der Waals surface area contributed by atoms with Crippen molar-refractivity contribution in [3.05, 3.63) is 56.2 Å². The van der Waals surface area contributed by atoms with Gasteiger partial charge in [-0.05, 0) is 46.7 Å². The summed E-state index contributed by atoms with van der Waals surface area (Å²) in [6.45, 7) is 1.82. The summed E-state index contributed by atoms with van der Waals surface area (Å²) in [5, 5.41) is 0. The van der Waals surface area contributed by atoms with Crippen molar-refractivity contribution in [2.45, 2.75) is 13.1 Å². The summed E-state index contributed by atoms with van der Waals surface area (Å²) >= 11 is 10.3. The Balaban J connectivity index is 2.00. The molecule has 19 heavy (non-hydrogen) atoms. The van der Waals surface area contributed by atoms with E-state index in [-0.39, 0.29) is 0 Å². The molecule has 0 saturated heterocycles. The Hall–Kier alpha value is -0.750. The predicted molar refractivity (Wildman–Crippen MR) is 89.5 cm³/mol. The molecule has 0 bridgehead atoms. The molecule has 0 fully saturated rings. The van der Waals surface area contributed by atoms with E-state index >= 15 is 0 Å². The Kier molecular flexibility index (Phi) is 5.10. The number of hydrogen-bond donors (Lipinski definition) is 1. The van der Waals surface area contributed by atoms with Crippen molar-refractivity contribution in [2.75, 3.05) is 7.05 Å². The highest BCUT2D eigenvalue weighted by Crippen LogP contribution is 2.23. The minimum Gasteiger partial charge on any atom is -0.389 e. The maximum absolute atomic E-state index is 5.65. The summed E-state index contributed by atoms with van der Waals surface area (Å²) in [4.78, 5) is 4.07. The first-order valence-electron chi connectivity index (χ1n) is 5.86. The lowest BCUT2D eigenvalue weighted by Gasteiger charge is -2.16. The zero-order valence-electron chi connectivity index (χ0n) is 10.6. The van der Waals surface area contributed by atoms with Crippen LogP contribution in [-0.4, -0.2) is 16.9 Å². The maximum atomic E-state index is 5.65. The van der Waals surface area contributed by atoms with E-state index in [9.17, 15) is 0 Å². The van der Waals surface area contributed by atoms with Crippen LogP contribution in [0.25, 0.3) is 0 Å². The monoisotopic (exact) mass is 354 g/mol. The van der Waals surface area contributed by atoms with E-state index in [1.165, 1.54) is 14.2 Å². The van der Waals surface area contributed by atoms with Crippen molar-refractivity contribution in [3.63, 3.8) is 0 Å². The van der Waals surface area contributed by atoms with Gasteiger partial charge >= 0.3 is 0 Å².